The van der Waals surface area contributed by atoms with Crippen molar-refractivity contribution in [3.63, 3.8) is 0 Å². The number of rotatable bonds is 3. The number of benzene rings is 1. The first-order valence-electron chi connectivity index (χ1n) is 6.66. The van der Waals surface area contributed by atoms with Crippen molar-refractivity contribution in [1.82, 2.24) is 15.1 Å². The van der Waals surface area contributed by atoms with Crippen molar-refractivity contribution < 1.29 is 4.79 Å². The summed E-state index contributed by atoms with van der Waals surface area (Å²) in [6.07, 6.45) is 3.44. The Morgan fingerprint density at radius 2 is 2.09 bits per heavy atom. The number of amides is 1. The third-order valence-electron chi connectivity index (χ3n) is 3.40. The molecule has 1 fully saturated rings. The number of aromatic nitrogens is 2. The highest BCUT2D eigenvalue weighted by Gasteiger charge is 2.33. The highest BCUT2D eigenvalue weighted by Crippen LogP contribution is 2.43. The first-order chi connectivity index (χ1) is 10.5. The van der Waals surface area contributed by atoms with E-state index in [9.17, 15) is 4.79 Å². The van der Waals surface area contributed by atoms with Crippen molar-refractivity contribution >= 4 is 47.5 Å². The van der Waals surface area contributed by atoms with Gasteiger partial charge in [-0.1, -0.05) is 23.2 Å². The van der Waals surface area contributed by atoms with E-state index in [0.717, 1.165) is 18.5 Å². The van der Waals surface area contributed by atoms with Gasteiger partial charge in [-0.25, -0.2) is 4.68 Å². The molecule has 1 amide bonds. The van der Waals surface area contributed by atoms with Crippen molar-refractivity contribution in [3.8, 4) is 5.69 Å². The number of hydrogen-bond acceptors (Lipinski definition) is 3. The van der Waals surface area contributed by atoms with E-state index in [1.54, 1.807) is 22.9 Å². The summed E-state index contributed by atoms with van der Waals surface area (Å²) >= 11 is 12.2. The molecule has 1 aliphatic carbocycles. The Bertz CT molecular complexity index is 770. The number of hydrogen-bond donors (Lipinski definition) is 3. The van der Waals surface area contributed by atoms with Crippen molar-refractivity contribution in [2.75, 3.05) is 0 Å². The second-order valence-electron chi connectivity index (χ2n) is 5.09. The summed E-state index contributed by atoms with van der Waals surface area (Å²) in [6.45, 7) is 0. The fourth-order valence-corrected chi connectivity index (χ4v) is 2.81. The Labute approximate surface area is 148 Å². The molecule has 0 unspecified atom stereocenters. The van der Waals surface area contributed by atoms with Gasteiger partial charge in [0.1, 0.15) is 0 Å². The molecule has 1 saturated carbocycles. The number of nitrogens with one attached hydrogen (secondary N) is 2. The van der Waals surface area contributed by atoms with Crippen LogP contribution < -0.4 is 11.1 Å². The maximum Gasteiger partial charge on any atom is 0.261 e. The highest BCUT2D eigenvalue weighted by molar-refractivity contribution is 6.35. The lowest BCUT2D eigenvalue weighted by Gasteiger charge is -2.10. The summed E-state index contributed by atoms with van der Waals surface area (Å²) in [4.78, 5) is 12.2. The van der Waals surface area contributed by atoms with Crippen LogP contribution in [0.15, 0.2) is 24.4 Å². The average Bonchev–Trinajstić information content (AvgIpc) is 3.17. The van der Waals surface area contributed by atoms with Crippen LogP contribution in [0.5, 0.6) is 0 Å². The summed E-state index contributed by atoms with van der Waals surface area (Å²) in [6, 6.07) is 5.11. The molecule has 122 valence electrons. The normalized spacial score (nSPS) is 13.3. The van der Waals surface area contributed by atoms with Crippen LogP contribution in [0, 0.1) is 5.41 Å². The van der Waals surface area contributed by atoms with Crippen LogP contribution in [-0.4, -0.2) is 21.6 Å². The van der Waals surface area contributed by atoms with Gasteiger partial charge in [0.05, 0.1) is 28.2 Å². The van der Waals surface area contributed by atoms with E-state index in [4.69, 9.17) is 34.3 Å². The molecule has 1 aliphatic rings. The third-order valence-corrected chi connectivity index (χ3v) is 3.94. The molecule has 2 aromatic rings. The summed E-state index contributed by atoms with van der Waals surface area (Å²) in [5.41, 5.74) is 7.07. The summed E-state index contributed by atoms with van der Waals surface area (Å²) < 4.78 is 1.66. The topological polar surface area (TPSA) is 96.8 Å². The monoisotopic (exact) mass is 373 g/mol. The number of nitrogens with two attached hydrogens (primary N) is 1. The SMILES string of the molecule is Cl.N=C(N)NC(=O)c1cnn(-c2ccc(Cl)cc2Cl)c1C1CC1. The largest absolute Gasteiger partial charge is 0.370 e. The Kier molecular flexibility index (Phi) is 5.19. The number of halogens is 3. The molecule has 1 aromatic carbocycles. The molecule has 3 rings (SSSR count). The van der Waals surface area contributed by atoms with Crippen LogP contribution >= 0.6 is 35.6 Å². The van der Waals surface area contributed by atoms with Gasteiger partial charge < -0.3 is 5.73 Å². The Morgan fingerprint density at radius 1 is 1.39 bits per heavy atom. The van der Waals surface area contributed by atoms with Crippen LogP contribution in [0.4, 0.5) is 0 Å². The van der Waals surface area contributed by atoms with Gasteiger partial charge in [-0.15, -0.1) is 12.4 Å². The standard InChI is InChI=1S/C14H13Cl2N5O.ClH/c15-8-3-4-11(10(16)5-8)21-12(7-1-2-7)9(6-19-21)13(22)20-14(17)18;/h3-7H,1-2H2,(H4,17,18,20,22);1H. The first-order valence-corrected chi connectivity index (χ1v) is 7.41. The molecule has 9 heteroatoms. The minimum Gasteiger partial charge on any atom is -0.370 e. The zero-order chi connectivity index (χ0) is 15.9. The molecule has 0 saturated heterocycles. The lowest BCUT2D eigenvalue weighted by molar-refractivity contribution is 0.0975. The molecule has 6 nitrogen and oxygen atoms in total. The zero-order valence-electron chi connectivity index (χ0n) is 11.8. The molecule has 4 N–H and O–H groups in total. The van der Waals surface area contributed by atoms with E-state index in [1.807, 2.05) is 0 Å². The van der Waals surface area contributed by atoms with Crippen LogP contribution in [-0.2, 0) is 0 Å². The maximum atomic E-state index is 12.2. The van der Waals surface area contributed by atoms with Gasteiger partial charge >= 0.3 is 0 Å². The molecule has 1 aromatic heterocycles. The fourth-order valence-electron chi connectivity index (χ4n) is 2.32. The van der Waals surface area contributed by atoms with Crippen molar-refractivity contribution in [1.29, 1.82) is 5.41 Å². The quantitative estimate of drug-likeness (QED) is 0.569. The smallest absolute Gasteiger partial charge is 0.261 e. The van der Waals surface area contributed by atoms with E-state index in [0.29, 0.717) is 21.3 Å². The molecule has 0 bridgehead atoms. The molecule has 0 atom stereocenters. The third kappa shape index (κ3) is 3.60. The average molecular weight is 375 g/mol. The number of nitrogens with zero attached hydrogens (tertiary/aromatic N) is 2. The Balaban J connectivity index is 0.00000192. The number of carbonyl (C=O) groups is 1. The van der Waals surface area contributed by atoms with Crippen molar-refractivity contribution in [3.05, 3.63) is 45.7 Å². The zero-order valence-corrected chi connectivity index (χ0v) is 14.2. The number of carbonyl (C=O) groups excluding carboxylic acids is 1. The minimum absolute atomic E-state index is 0. The van der Waals surface area contributed by atoms with E-state index < -0.39 is 11.9 Å². The summed E-state index contributed by atoms with van der Waals surface area (Å²) in [7, 11) is 0. The fraction of sp³-hybridized carbons (Fsp3) is 0.214. The van der Waals surface area contributed by atoms with Gasteiger partial charge in [0.25, 0.3) is 5.91 Å². The van der Waals surface area contributed by atoms with Gasteiger partial charge in [-0.2, -0.15) is 5.10 Å². The van der Waals surface area contributed by atoms with Crippen molar-refractivity contribution in [2.24, 2.45) is 5.73 Å². The van der Waals surface area contributed by atoms with Gasteiger partial charge in [0.15, 0.2) is 5.96 Å². The lowest BCUT2D eigenvalue weighted by Crippen LogP contribution is -2.36. The molecular weight excluding hydrogens is 361 g/mol. The maximum absolute atomic E-state index is 12.2. The predicted molar refractivity (Wildman–Crippen MR) is 92.2 cm³/mol. The van der Waals surface area contributed by atoms with Gasteiger partial charge in [0.2, 0.25) is 0 Å². The lowest BCUT2D eigenvalue weighted by atomic mass is 10.1. The molecule has 0 radical (unpaired) electrons. The molecule has 0 aliphatic heterocycles. The van der Waals surface area contributed by atoms with Crippen LogP contribution in [0.25, 0.3) is 5.69 Å². The summed E-state index contributed by atoms with van der Waals surface area (Å²) in [5, 5.41) is 14.7. The van der Waals surface area contributed by atoms with Crippen LogP contribution in [0.2, 0.25) is 10.0 Å². The molecule has 0 spiro atoms. The second kappa shape index (κ2) is 6.78. The Hall–Kier alpha value is -1.76. The molecule has 1 heterocycles. The van der Waals surface area contributed by atoms with Crippen LogP contribution in [0.3, 0.4) is 0 Å². The highest BCUT2D eigenvalue weighted by atomic mass is 35.5. The summed E-state index contributed by atoms with van der Waals surface area (Å²) in [5.74, 6) is -0.586. The molecular formula is C14H14Cl3N5O. The second-order valence-corrected chi connectivity index (χ2v) is 5.94. The molecule has 23 heavy (non-hydrogen) atoms. The van der Waals surface area contributed by atoms with Gasteiger partial charge in [-0.05, 0) is 31.0 Å². The van der Waals surface area contributed by atoms with Gasteiger partial charge in [0, 0.05) is 10.9 Å². The van der Waals surface area contributed by atoms with E-state index >= 15 is 0 Å². The van der Waals surface area contributed by atoms with Crippen LogP contribution in [0.1, 0.15) is 34.8 Å². The van der Waals surface area contributed by atoms with E-state index in [1.165, 1.54) is 6.20 Å². The van der Waals surface area contributed by atoms with Crippen molar-refractivity contribution in [2.45, 2.75) is 18.8 Å². The van der Waals surface area contributed by atoms with E-state index in [2.05, 4.69) is 10.4 Å². The minimum atomic E-state index is -0.439. The Morgan fingerprint density at radius 3 is 2.65 bits per heavy atom. The first kappa shape index (κ1) is 17.6. The van der Waals surface area contributed by atoms with Gasteiger partial charge in [-0.3, -0.25) is 15.5 Å². The van der Waals surface area contributed by atoms with E-state index in [-0.39, 0.29) is 18.3 Å². The predicted octanol–water partition coefficient (Wildman–Crippen LogP) is 3.10. The number of guanidine groups is 1.